The van der Waals surface area contributed by atoms with E-state index in [4.69, 9.17) is 0 Å². The molecule has 1 aromatic heterocycles. The molecule has 2 fully saturated rings. The van der Waals surface area contributed by atoms with E-state index in [-0.39, 0.29) is 5.92 Å². The normalized spacial score (nSPS) is 25.6. The maximum Gasteiger partial charge on any atom is 0.416 e. The predicted molar refractivity (Wildman–Crippen MR) is 94.1 cm³/mol. The predicted octanol–water partition coefficient (Wildman–Crippen LogP) is 4.74. The van der Waals surface area contributed by atoms with Crippen LogP contribution in [0, 0.1) is 25.7 Å². The monoisotopic (exact) mass is 361 g/mol. The fourth-order valence-electron chi connectivity index (χ4n) is 4.50. The molecule has 1 aliphatic carbocycles. The third kappa shape index (κ3) is 3.06. The molecule has 6 heteroatoms. The molecule has 0 N–H and O–H groups in total. The van der Waals surface area contributed by atoms with Crippen LogP contribution in [0.15, 0.2) is 30.5 Å². The summed E-state index contributed by atoms with van der Waals surface area (Å²) in [6.07, 6.45) is -0.833. The smallest absolute Gasteiger partial charge is 0.340 e. The fourth-order valence-corrected chi connectivity index (χ4v) is 4.50. The summed E-state index contributed by atoms with van der Waals surface area (Å²) in [7, 11) is 0. The number of nitrogens with zero attached hydrogens (tertiary/aromatic N) is 3. The largest absolute Gasteiger partial charge is 0.416 e. The summed E-state index contributed by atoms with van der Waals surface area (Å²) in [5.74, 6) is 1.55. The number of hydrogen-bond acceptors (Lipinski definition) is 3. The molecule has 1 saturated heterocycles. The molecule has 26 heavy (non-hydrogen) atoms. The SMILES string of the molecule is Cc1cnc(N2C[C@H]3CC(c4ccccc4C(F)(F)F)C[C@H]3C2)nc1C. The van der Waals surface area contributed by atoms with Gasteiger partial charge >= 0.3 is 6.18 Å². The van der Waals surface area contributed by atoms with Crippen molar-refractivity contribution in [1.29, 1.82) is 0 Å². The molecule has 0 spiro atoms. The van der Waals surface area contributed by atoms with Gasteiger partial charge in [-0.3, -0.25) is 0 Å². The van der Waals surface area contributed by atoms with Crippen LogP contribution in [0.1, 0.15) is 41.1 Å². The van der Waals surface area contributed by atoms with Crippen LogP contribution in [0.3, 0.4) is 0 Å². The van der Waals surface area contributed by atoms with Crippen molar-refractivity contribution < 1.29 is 13.2 Å². The first-order valence-corrected chi connectivity index (χ1v) is 9.04. The molecule has 3 atom stereocenters. The zero-order valence-electron chi connectivity index (χ0n) is 14.9. The number of benzene rings is 1. The Balaban J connectivity index is 1.50. The van der Waals surface area contributed by atoms with Crippen LogP contribution < -0.4 is 4.90 Å². The van der Waals surface area contributed by atoms with Crippen molar-refractivity contribution >= 4 is 5.95 Å². The van der Waals surface area contributed by atoms with Crippen molar-refractivity contribution in [1.82, 2.24) is 9.97 Å². The van der Waals surface area contributed by atoms with Crippen molar-refractivity contribution in [2.24, 2.45) is 11.8 Å². The lowest BCUT2D eigenvalue weighted by Gasteiger charge is -2.21. The summed E-state index contributed by atoms with van der Waals surface area (Å²) in [4.78, 5) is 11.2. The molecule has 1 unspecified atom stereocenters. The molecule has 2 aliphatic rings. The van der Waals surface area contributed by atoms with Crippen molar-refractivity contribution in [3.8, 4) is 0 Å². The van der Waals surface area contributed by atoms with E-state index in [1.807, 2.05) is 20.0 Å². The molecule has 1 saturated carbocycles. The third-order valence-electron chi connectivity index (χ3n) is 5.95. The minimum atomic E-state index is -4.28. The summed E-state index contributed by atoms with van der Waals surface area (Å²) in [5.41, 5.74) is 2.03. The highest BCUT2D eigenvalue weighted by molar-refractivity contribution is 5.38. The second-order valence-corrected chi connectivity index (χ2v) is 7.62. The standard InChI is InChI=1S/C20H22F3N3/c1-12-9-24-19(25-13(12)2)26-10-15-7-14(8-16(15)11-26)17-5-3-4-6-18(17)20(21,22)23/h3-6,9,14-16H,7-8,10-11H2,1-2H3/t14?,15-,16+. The summed E-state index contributed by atoms with van der Waals surface area (Å²) in [5, 5.41) is 0. The summed E-state index contributed by atoms with van der Waals surface area (Å²) >= 11 is 0. The van der Waals surface area contributed by atoms with E-state index in [0.717, 1.165) is 43.1 Å². The average Bonchev–Trinajstić information content (AvgIpc) is 3.15. The number of fused-ring (bicyclic) bond motifs is 1. The van der Waals surface area contributed by atoms with Gasteiger partial charge in [-0.25, -0.2) is 9.97 Å². The number of aryl methyl sites for hydroxylation is 2. The zero-order chi connectivity index (χ0) is 18.5. The molecule has 2 heterocycles. The Morgan fingerprint density at radius 1 is 1.04 bits per heavy atom. The quantitative estimate of drug-likeness (QED) is 0.773. The first kappa shape index (κ1) is 17.3. The van der Waals surface area contributed by atoms with Crippen molar-refractivity contribution in [3.05, 3.63) is 52.8 Å². The summed E-state index contributed by atoms with van der Waals surface area (Å²) in [6.45, 7) is 5.62. The molecule has 1 aromatic carbocycles. The van der Waals surface area contributed by atoms with Crippen LogP contribution in [0.25, 0.3) is 0 Å². The summed E-state index contributed by atoms with van der Waals surface area (Å²) < 4.78 is 40.0. The van der Waals surface area contributed by atoms with E-state index in [2.05, 4.69) is 14.9 Å². The number of alkyl halides is 3. The molecule has 4 rings (SSSR count). The van der Waals surface area contributed by atoms with Gasteiger partial charge in [0.25, 0.3) is 0 Å². The topological polar surface area (TPSA) is 29.0 Å². The highest BCUT2D eigenvalue weighted by Gasteiger charge is 2.44. The van der Waals surface area contributed by atoms with Gasteiger partial charge in [-0.05, 0) is 61.6 Å². The van der Waals surface area contributed by atoms with Gasteiger partial charge in [-0.1, -0.05) is 18.2 Å². The van der Waals surface area contributed by atoms with Gasteiger partial charge in [-0.15, -0.1) is 0 Å². The van der Waals surface area contributed by atoms with Crippen LogP contribution in [0.2, 0.25) is 0 Å². The van der Waals surface area contributed by atoms with E-state index >= 15 is 0 Å². The van der Waals surface area contributed by atoms with Gasteiger partial charge in [-0.2, -0.15) is 13.2 Å². The van der Waals surface area contributed by atoms with E-state index in [0.29, 0.717) is 17.4 Å². The number of aromatic nitrogens is 2. The molecular formula is C20H22F3N3. The molecule has 2 aromatic rings. The lowest BCUT2D eigenvalue weighted by atomic mass is 9.91. The Bertz CT molecular complexity index is 804. The molecule has 0 bridgehead atoms. The number of rotatable bonds is 2. The zero-order valence-corrected chi connectivity index (χ0v) is 14.9. The molecule has 1 aliphatic heterocycles. The van der Waals surface area contributed by atoms with E-state index in [9.17, 15) is 13.2 Å². The second kappa shape index (κ2) is 6.25. The Morgan fingerprint density at radius 2 is 1.69 bits per heavy atom. The lowest BCUT2D eigenvalue weighted by molar-refractivity contribution is -0.138. The average molecular weight is 361 g/mol. The Kier molecular flexibility index (Phi) is 4.16. The van der Waals surface area contributed by atoms with Crippen LogP contribution in [-0.4, -0.2) is 23.1 Å². The van der Waals surface area contributed by atoms with Crippen molar-refractivity contribution in [3.63, 3.8) is 0 Å². The Morgan fingerprint density at radius 3 is 2.31 bits per heavy atom. The molecule has 138 valence electrons. The van der Waals surface area contributed by atoms with Gasteiger partial charge in [0.1, 0.15) is 0 Å². The van der Waals surface area contributed by atoms with E-state index in [1.165, 1.54) is 12.1 Å². The fraction of sp³-hybridized carbons (Fsp3) is 0.500. The van der Waals surface area contributed by atoms with Gasteiger partial charge in [0.2, 0.25) is 5.95 Å². The van der Waals surface area contributed by atoms with Crippen LogP contribution in [0.5, 0.6) is 0 Å². The van der Waals surface area contributed by atoms with Crippen molar-refractivity contribution in [2.75, 3.05) is 18.0 Å². The van der Waals surface area contributed by atoms with Crippen molar-refractivity contribution in [2.45, 2.75) is 38.8 Å². The van der Waals surface area contributed by atoms with E-state index in [1.54, 1.807) is 12.1 Å². The Hall–Kier alpha value is -2.11. The maximum atomic E-state index is 13.3. The van der Waals surface area contributed by atoms with Crippen LogP contribution in [-0.2, 0) is 6.18 Å². The minimum absolute atomic E-state index is 0.00866. The third-order valence-corrected chi connectivity index (χ3v) is 5.95. The first-order chi connectivity index (χ1) is 12.3. The molecule has 3 nitrogen and oxygen atoms in total. The lowest BCUT2D eigenvalue weighted by Crippen LogP contribution is -2.24. The number of anilines is 1. The van der Waals surface area contributed by atoms with Gasteiger partial charge in [0.05, 0.1) is 5.56 Å². The highest BCUT2D eigenvalue weighted by atomic mass is 19.4. The summed E-state index contributed by atoms with van der Waals surface area (Å²) in [6, 6.07) is 6.05. The highest BCUT2D eigenvalue weighted by Crippen LogP contribution is 2.49. The van der Waals surface area contributed by atoms with Gasteiger partial charge in [0, 0.05) is 25.0 Å². The van der Waals surface area contributed by atoms with Gasteiger partial charge in [0.15, 0.2) is 0 Å². The van der Waals surface area contributed by atoms with E-state index < -0.39 is 11.7 Å². The van der Waals surface area contributed by atoms with Crippen LogP contribution in [0.4, 0.5) is 19.1 Å². The molecule has 0 amide bonds. The van der Waals surface area contributed by atoms with Crippen LogP contribution >= 0.6 is 0 Å². The molecule has 0 radical (unpaired) electrons. The second-order valence-electron chi connectivity index (χ2n) is 7.62. The number of halogens is 3. The Labute approximate surface area is 151 Å². The number of hydrogen-bond donors (Lipinski definition) is 0. The molecular weight excluding hydrogens is 339 g/mol. The van der Waals surface area contributed by atoms with Gasteiger partial charge < -0.3 is 4.90 Å². The first-order valence-electron chi connectivity index (χ1n) is 9.04. The minimum Gasteiger partial charge on any atom is -0.340 e. The maximum absolute atomic E-state index is 13.3.